The number of rotatable bonds is 8. The zero-order chi connectivity index (χ0) is 24.9. The summed E-state index contributed by atoms with van der Waals surface area (Å²) in [6.45, 7) is 6.40. The van der Waals surface area contributed by atoms with Crippen molar-refractivity contribution in [1.82, 2.24) is 0 Å². The van der Waals surface area contributed by atoms with Crippen molar-refractivity contribution in [3.8, 4) is 5.75 Å². The summed E-state index contributed by atoms with van der Waals surface area (Å²) in [5, 5.41) is -1.24. The van der Waals surface area contributed by atoms with Gasteiger partial charge >= 0.3 is 11.4 Å². The molecule has 1 fully saturated rings. The van der Waals surface area contributed by atoms with Crippen molar-refractivity contribution in [1.29, 1.82) is 0 Å². The van der Waals surface area contributed by atoms with Gasteiger partial charge in [-0.2, -0.15) is 8.78 Å². The number of hydrogen-bond donors (Lipinski definition) is 1. The van der Waals surface area contributed by atoms with E-state index in [1.807, 2.05) is 18.2 Å². The molecule has 7 heteroatoms. The maximum atomic E-state index is 14.1. The van der Waals surface area contributed by atoms with Crippen LogP contribution in [0, 0.1) is 11.8 Å². The highest BCUT2D eigenvalue weighted by molar-refractivity contribution is 6.24. The Bertz CT molecular complexity index is 987. The van der Waals surface area contributed by atoms with Gasteiger partial charge in [-0.05, 0) is 65.6 Å². The van der Waals surface area contributed by atoms with Crippen LogP contribution >= 0.6 is 11.6 Å². The molecule has 1 saturated carbocycles. The summed E-state index contributed by atoms with van der Waals surface area (Å²) in [5.41, 5.74) is 0.498. The van der Waals surface area contributed by atoms with E-state index in [1.54, 1.807) is 24.3 Å². The van der Waals surface area contributed by atoms with Crippen molar-refractivity contribution < 1.29 is 23.0 Å². The molecular formula is C27H32ClF2NO3. The van der Waals surface area contributed by atoms with Crippen LogP contribution in [0.4, 0.5) is 14.5 Å². The number of carbonyl (C=O) groups is 1. The third-order valence-corrected chi connectivity index (χ3v) is 6.91. The summed E-state index contributed by atoms with van der Waals surface area (Å²) in [6, 6.07) is 16.4. The average molecular weight is 492 g/mol. The van der Waals surface area contributed by atoms with Crippen LogP contribution in [0.1, 0.15) is 45.6 Å². The molecule has 0 aromatic heterocycles. The topological polar surface area (TPSA) is 47.6 Å². The summed E-state index contributed by atoms with van der Waals surface area (Å²) >= 11 is 5.30. The molecule has 34 heavy (non-hydrogen) atoms. The highest BCUT2D eigenvalue weighted by Crippen LogP contribution is 2.43. The SMILES string of the molecule is COc1ccc(N/C(=C\C(=O)O[C@@H]2C[C@H](C)CC[C@H]2C(C)(C)c2ccccc2)C(F)(F)Cl)cc1. The number of alkyl halides is 3. The van der Waals surface area contributed by atoms with Gasteiger partial charge < -0.3 is 14.8 Å². The van der Waals surface area contributed by atoms with Gasteiger partial charge in [0.2, 0.25) is 0 Å². The molecule has 0 spiro atoms. The van der Waals surface area contributed by atoms with Crippen molar-refractivity contribution in [2.75, 3.05) is 12.4 Å². The van der Waals surface area contributed by atoms with Crippen LogP contribution in [0.3, 0.4) is 0 Å². The fraction of sp³-hybridized carbons (Fsp3) is 0.444. The molecule has 0 amide bonds. The van der Waals surface area contributed by atoms with Crippen LogP contribution in [-0.2, 0) is 14.9 Å². The maximum absolute atomic E-state index is 14.1. The zero-order valence-electron chi connectivity index (χ0n) is 20.0. The molecule has 0 saturated heterocycles. The number of allylic oxidation sites excluding steroid dienone is 1. The van der Waals surface area contributed by atoms with Crippen LogP contribution in [0.25, 0.3) is 0 Å². The quantitative estimate of drug-likeness (QED) is 0.242. The largest absolute Gasteiger partial charge is 0.497 e. The first kappa shape index (κ1) is 26.0. The lowest BCUT2D eigenvalue weighted by molar-refractivity contribution is -0.150. The Morgan fingerprint density at radius 1 is 1.09 bits per heavy atom. The summed E-state index contributed by atoms with van der Waals surface area (Å²) < 4.78 is 39.1. The lowest BCUT2D eigenvalue weighted by Gasteiger charge is -2.43. The Morgan fingerprint density at radius 3 is 2.32 bits per heavy atom. The second-order valence-electron chi connectivity index (χ2n) is 9.50. The molecule has 3 atom stereocenters. The molecule has 0 unspecified atom stereocenters. The number of halogens is 3. The molecule has 0 bridgehead atoms. The van der Waals surface area contributed by atoms with Gasteiger partial charge in [-0.25, -0.2) is 4.79 Å². The van der Waals surface area contributed by atoms with Crippen molar-refractivity contribution in [3.63, 3.8) is 0 Å². The Labute approximate surface area is 205 Å². The standard InChI is InChI=1S/C27H32ClF2NO3/c1-18-10-15-22(26(2,3)19-8-6-5-7-9-19)23(16-18)34-25(32)17-24(27(28,29)30)31-20-11-13-21(33-4)14-12-20/h5-9,11-14,17-18,22-23,31H,10,15-16H2,1-4H3/b24-17-/t18-,22-,23-/m1/s1. The molecule has 1 aliphatic carbocycles. The molecule has 0 aliphatic heterocycles. The number of benzene rings is 2. The van der Waals surface area contributed by atoms with E-state index in [9.17, 15) is 13.6 Å². The minimum absolute atomic E-state index is 0.0537. The molecular weight excluding hydrogens is 460 g/mol. The number of esters is 1. The number of anilines is 1. The van der Waals surface area contributed by atoms with Gasteiger partial charge in [0.1, 0.15) is 17.6 Å². The van der Waals surface area contributed by atoms with E-state index in [2.05, 4.69) is 38.2 Å². The number of methoxy groups -OCH3 is 1. The third kappa shape index (κ3) is 6.50. The van der Waals surface area contributed by atoms with E-state index in [4.69, 9.17) is 21.1 Å². The van der Waals surface area contributed by atoms with E-state index in [-0.39, 0.29) is 11.3 Å². The van der Waals surface area contributed by atoms with E-state index >= 15 is 0 Å². The third-order valence-electron chi connectivity index (χ3n) is 6.70. The molecule has 1 N–H and O–H groups in total. The van der Waals surface area contributed by atoms with Crippen molar-refractivity contribution in [2.45, 2.75) is 56.9 Å². The minimum atomic E-state index is -3.78. The second kappa shape index (κ2) is 10.8. The van der Waals surface area contributed by atoms with Crippen molar-refractivity contribution >= 4 is 23.3 Å². The number of carbonyl (C=O) groups excluding carboxylic acids is 1. The van der Waals surface area contributed by atoms with Crippen LogP contribution in [0.2, 0.25) is 0 Å². The van der Waals surface area contributed by atoms with Gasteiger partial charge in [-0.3, -0.25) is 0 Å². The first-order valence-corrected chi connectivity index (χ1v) is 11.8. The van der Waals surface area contributed by atoms with Gasteiger partial charge in [0.15, 0.2) is 0 Å². The van der Waals surface area contributed by atoms with Crippen LogP contribution in [0.5, 0.6) is 5.75 Å². The molecule has 184 valence electrons. The zero-order valence-corrected chi connectivity index (χ0v) is 20.7. The molecule has 3 rings (SSSR count). The predicted octanol–water partition coefficient (Wildman–Crippen LogP) is 7.15. The summed E-state index contributed by atoms with van der Waals surface area (Å²) in [7, 11) is 1.51. The minimum Gasteiger partial charge on any atom is -0.497 e. The highest BCUT2D eigenvalue weighted by Gasteiger charge is 2.42. The molecule has 2 aromatic rings. The van der Waals surface area contributed by atoms with Crippen molar-refractivity contribution in [3.05, 3.63) is 71.9 Å². The van der Waals surface area contributed by atoms with Crippen LogP contribution < -0.4 is 10.1 Å². The Kier molecular flexibility index (Phi) is 8.24. The van der Waals surface area contributed by atoms with Crippen LogP contribution in [-0.4, -0.2) is 24.6 Å². The monoisotopic (exact) mass is 491 g/mol. The smallest absolute Gasteiger partial charge is 0.362 e. The molecule has 0 heterocycles. The summed E-state index contributed by atoms with van der Waals surface area (Å²) in [5.74, 6) is 0.157. The van der Waals surface area contributed by atoms with E-state index in [0.717, 1.165) is 24.5 Å². The van der Waals surface area contributed by atoms with Gasteiger partial charge in [0.05, 0.1) is 13.2 Å². The molecule has 4 nitrogen and oxygen atoms in total. The van der Waals surface area contributed by atoms with E-state index in [0.29, 0.717) is 23.8 Å². The molecule has 0 radical (unpaired) electrons. The fourth-order valence-electron chi connectivity index (χ4n) is 4.69. The van der Waals surface area contributed by atoms with Crippen molar-refractivity contribution in [2.24, 2.45) is 11.8 Å². The Balaban J connectivity index is 1.81. The summed E-state index contributed by atoms with van der Waals surface area (Å²) in [4.78, 5) is 12.8. The average Bonchev–Trinajstić information content (AvgIpc) is 2.79. The Hall–Kier alpha value is -2.60. The number of hydrogen-bond acceptors (Lipinski definition) is 4. The maximum Gasteiger partial charge on any atom is 0.362 e. The fourth-order valence-corrected chi connectivity index (χ4v) is 4.79. The number of nitrogens with one attached hydrogen (secondary N) is 1. The van der Waals surface area contributed by atoms with E-state index < -0.39 is 23.2 Å². The normalized spacial score (nSPS) is 21.6. The lowest BCUT2D eigenvalue weighted by Crippen LogP contribution is -2.43. The first-order valence-electron chi connectivity index (χ1n) is 11.5. The van der Waals surface area contributed by atoms with Gasteiger partial charge in [-0.15, -0.1) is 0 Å². The second-order valence-corrected chi connectivity index (χ2v) is 9.97. The van der Waals surface area contributed by atoms with Crippen LogP contribution in [0.15, 0.2) is 66.4 Å². The van der Waals surface area contributed by atoms with Gasteiger partial charge in [0.25, 0.3) is 0 Å². The van der Waals surface area contributed by atoms with Gasteiger partial charge in [0, 0.05) is 11.6 Å². The molecule has 1 aliphatic rings. The molecule has 2 aromatic carbocycles. The lowest BCUT2D eigenvalue weighted by atomic mass is 9.64. The van der Waals surface area contributed by atoms with Gasteiger partial charge in [-0.1, -0.05) is 57.5 Å². The summed E-state index contributed by atoms with van der Waals surface area (Å²) in [6.07, 6.45) is 2.94. The highest BCUT2D eigenvalue weighted by atomic mass is 35.5. The number of ether oxygens (including phenoxy) is 2. The Morgan fingerprint density at radius 2 is 1.74 bits per heavy atom. The van der Waals surface area contributed by atoms with E-state index in [1.165, 1.54) is 7.11 Å². The first-order chi connectivity index (χ1) is 16.0. The predicted molar refractivity (Wildman–Crippen MR) is 131 cm³/mol.